The van der Waals surface area contributed by atoms with Crippen molar-refractivity contribution in [3.8, 4) is 0 Å². The predicted molar refractivity (Wildman–Crippen MR) is 149 cm³/mol. The van der Waals surface area contributed by atoms with Crippen LogP contribution in [0.2, 0.25) is 16.6 Å². The average molecular weight is 537 g/mol. The maximum Gasteiger partial charge on any atom is 0.200 e. The lowest BCUT2D eigenvalue weighted by Gasteiger charge is -2.63. The lowest BCUT2D eigenvalue weighted by Crippen LogP contribution is -2.67. The minimum atomic E-state index is -2.17. The predicted octanol–water partition coefficient (Wildman–Crippen LogP) is 6.34. The number of fused-ring (bicyclic) bond motifs is 3. The van der Waals surface area contributed by atoms with E-state index < -0.39 is 31.9 Å². The number of carbonyl (C=O) groups is 2. The summed E-state index contributed by atoms with van der Waals surface area (Å²) < 4.78 is 24.4. The first kappa shape index (κ1) is 30.7. The van der Waals surface area contributed by atoms with Crippen LogP contribution < -0.4 is 0 Å². The second kappa shape index (κ2) is 11.3. The molecule has 7 atom stereocenters. The Balaban J connectivity index is 2.15. The molecule has 3 aliphatic rings. The second-order valence-electron chi connectivity index (χ2n) is 13.3. The quantitative estimate of drug-likeness (QED) is 0.240. The van der Waals surface area contributed by atoms with Gasteiger partial charge in [0.05, 0.1) is 0 Å². The normalized spacial score (nSPS) is 36.7. The smallest absolute Gasteiger partial charge is 0.200 e. The lowest BCUT2D eigenvalue weighted by atomic mass is 9.42. The molecule has 3 rings (SSSR count). The summed E-state index contributed by atoms with van der Waals surface area (Å²) >= 11 is 0. The largest absolute Gasteiger partial charge is 0.415 e. The SMILES string of the molecule is COCO[C@H]1C(=O)[C@H]2[C@@](CO[Si](C(C)C)(C(C)C)C(C)C)(CC[C@H]3C(C)=CC(=O)[C@@H](OC)[C@@]32C)C[C@H]1C. The third-order valence-corrected chi connectivity index (χ3v) is 16.4. The number of methoxy groups -OCH3 is 2. The van der Waals surface area contributed by atoms with Crippen molar-refractivity contribution in [2.45, 2.75) is 110 Å². The molecule has 2 fully saturated rings. The van der Waals surface area contributed by atoms with Gasteiger partial charge in [-0.2, -0.15) is 0 Å². The Labute approximate surface area is 226 Å². The number of ketones is 2. The Morgan fingerprint density at radius 3 is 2.16 bits per heavy atom. The Kier molecular flexibility index (Phi) is 9.39. The highest BCUT2D eigenvalue weighted by molar-refractivity contribution is 6.77. The molecule has 0 aromatic rings. The molecule has 0 aromatic heterocycles. The summed E-state index contributed by atoms with van der Waals surface area (Å²) in [5.74, 6) is -0.204. The van der Waals surface area contributed by atoms with Gasteiger partial charge in [0.15, 0.2) is 19.9 Å². The fraction of sp³-hybridized carbons (Fsp3) is 0.867. The Morgan fingerprint density at radius 2 is 1.65 bits per heavy atom. The molecule has 37 heavy (non-hydrogen) atoms. The summed E-state index contributed by atoms with van der Waals surface area (Å²) in [5, 5.41) is 0. The zero-order chi connectivity index (χ0) is 27.9. The highest BCUT2D eigenvalue weighted by Gasteiger charge is 2.67. The van der Waals surface area contributed by atoms with Gasteiger partial charge in [-0.3, -0.25) is 9.59 Å². The topological polar surface area (TPSA) is 71.1 Å². The third-order valence-electron chi connectivity index (χ3n) is 10.4. The van der Waals surface area contributed by atoms with E-state index >= 15 is 0 Å². The highest BCUT2D eigenvalue weighted by Crippen LogP contribution is 2.64. The van der Waals surface area contributed by atoms with E-state index in [1.54, 1.807) is 20.3 Å². The summed E-state index contributed by atoms with van der Waals surface area (Å²) in [6.45, 7) is 20.7. The van der Waals surface area contributed by atoms with Gasteiger partial charge < -0.3 is 18.6 Å². The van der Waals surface area contributed by atoms with Gasteiger partial charge in [-0.05, 0) is 60.7 Å². The maximum absolute atomic E-state index is 14.5. The molecule has 3 aliphatic carbocycles. The Morgan fingerprint density at radius 1 is 1.05 bits per heavy atom. The monoisotopic (exact) mass is 536 g/mol. The number of ether oxygens (including phenoxy) is 3. The summed E-state index contributed by atoms with van der Waals surface area (Å²) in [5.41, 5.74) is 1.41. The average Bonchev–Trinajstić information content (AvgIpc) is 2.78. The van der Waals surface area contributed by atoms with Crippen molar-refractivity contribution in [3.63, 3.8) is 0 Å². The summed E-state index contributed by atoms with van der Waals surface area (Å²) in [6.07, 6.45) is 3.18. The molecular formula is C30H52O6Si. The summed E-state index contributed by atoms with van der Waals surface area (Å²) in [7, 11) is 1.02. The molecule has 0 heterocycles. The summed E-state index contributed by atoms with van der Waals surface area (Å²) in [4.78, 5) is 27.8. The number of hydrogen-bond acceptors (Lipinski definition) is 6. The van der Waals surface area contributed by atoms with Crippen LogP contribution in [0.1, 0.15) is 81.6 Å². The van der Waals surface area contributed by atoms with Crippen molar-refractivity contribution in [1.29, 1.82) is 0 Å². The van der Waals surface area contributed by atoms with E-state index in [0.29, 0.717) is 23.2 Å². The van der Waals surface area contributed by atoms with Crippen molar-refractivity contribution in [3.05, 3.63) is 11.6 Å². The second-order valence-corrected chi connectivity index (χ2v) is 18.8. The van der Waals surface area contributed by atoms with Gasteiger partial charge >= 0.3 is 0 Å². The van der Waals surface area contributed by atoms with Crippen LogP contribution in [0.25, 0.3) is 0 Å². The van der Waals surface area contributed by atoms with E-state index in [2.05, 4.69) is 55.4 Å². The number of hydrogen-bond donors (Lipinski definition) is 0. The van der Waals surface area contributed by atoms with Crippen LogP contribution in [0, 0.1) is 28.6 Å². The number of rotatable bonds is 10. The first-order valence-corrected chi connectivity index (χ1v) is 16.4. The molecule has 0 spiro atoms. The van der Waals surface area contributed by atoms with E-state index in [4.69, 9.17) is 18.6 Å². The Bertz CT molecular complexity index is 860. The van der Waals surface area contributed by atoms with Crippen molar-refractivity contribution < 1.29 is 28.2 Å². The Hall–Kier alpha value is -0.863. The first-order valence-electron chi connectivity index (χ1n) is 14.3. The summed E-state index contributed by atoms with van der Waals surface area (Å²) in [6, 6.07) is 0. The van der Waals surface area contributed by atoms with Gasteiger partial charge in [0, 0.05) is 37.6 Å². The third kappa shape index (κ3) is 4.86. The van der Waals surface area contributed by atoms with Gasteiger partial charge in [-0.25, -0.2) is 0 Å². The lowest BCUT2D eigenvalue weighted by molar-refractivity contribution is -0.203. The van der Waals surface area contributed by atoms with Crippen LogP contribution in [0.15, 0.2) is 11.6 Å². The highest BCUT2D eigenvalue weighted by atomic mass is 28.4. The van der Waals surface area contributed by atoms with Crippen LogP contribution in [-0.2, 0) is 28.2 Å². The molecular weight excluding hydrogens is 484 g/mol. The molecule has 0 aliphatic heterocycles. The first-order chi connectivity index (χ1) is 17.2. The van der Waals surface area contributed by atoms with E-state index in [1.807, 2.05) is 6.92 Å². The van der Waals surface area contributed by atoms with Gasteiger partial charge in [-0.15, -0.1) is 0 Å². The number of carbonyl (C=O) groups excluding carboxylic acids is 2. The molecule has 0 bridgehead atoms. The minimum Gasteiger partial charge on any atom is -0.415 e. The van der Waals surface area contributed by atoms with E-state index in [0.717, 1.165) is 24.8 Å². The standard InChI is InChI=1S/C30H52O6Si/c1-18(2)37(19(3)4,20(5)6)36-16-30-13-12-23-21(7)14-24(31)28(34-11)29(23,9)27(30)25(32)26(22(8)15-30)35-17-33-10/h14,18-20,22-23,26-28H,12-13,15-17H2,1-11H3/t22-,23+,26-,27-,28-,29+,30+/m1/s1. The molecule has 0 unspecified atom stereocenters. The van der Waals surface area contributed by atoms with Gasteiger partial charge in [-0.1, -0.05) is 61.0 Å². The van der Waals surface area contributed by atoms with E-state index in [9.17, 15) is 9.59 Å². The zero-order valence-electron chi connectivity index (χ0n) is 25.2. The molecule has 2 saturated carbocycles. The van der Waals surface area contributed by atoms with Crippen molar-refractivity contribution >= 4 is 19.9 Å². The van der Waals surface area contributed by atoms with Crippen LogP contribution in [0.3, 0.4) is 0 Å². The fourth-order valence-electron chi connectivity index (χ4n) is 9.27. The van der Waals surface area contributed by atoms with Gasteiger partial charge in [0.1, 0.15) is 19.0 Å². The van der Waals surface area contributed by atoms with Crippen LogP contribution in [0.5, 0.6) is 0 Å². The van der Waals surface area contributed by atoms with E-state index in [-0.39, 0.29) is 35.6 Å². The van der Waals surface area contributed by atoms with Crippen LogP contribution in [0.4, 0.5) is 0 Å². The maximum atomic E-state index is 14.5. The van der Waals surface area contributed by atoms with Crippen LogP contribution in [-0.4, -0.2) is 59.7 Å². The number of Topliss-reactive ketones (excluding diaryl/α,β-unsaturated/α-hetero) is 1. The van der Waals surface area contributed by atoms with Crippen molar-refractivity contribution in [2.75, 3.05) is 27.6 Å². The van der Waals surface area contributed by atoms with Gasteiger partial charge in [0.25, 0.3) is 0 Å². The molecule has 0 aromatic carbocycles. The molecule has 6 nitrogen and oxygen atoms in total. The van der Waals surface area contributed by atoms with Gasteiger partial charge in [0.2, 0.25) is 0 Å². The molecule has 0 saturated heterocycles. The fourth-order valence-corrected chi connectivity index (χ4v) is 14.8. The number of allylic oxidation sites excluding steroid dienone is 1. The van der Waals surface area contributed by atoms with Crippen LogP contribution >= 0.6 is 0 Å². The minimum absolute atomic E-state index is 0.0350. The van der Waals surface area contributed by atoms with E-state index in [1.165, 1.54) is 0 Å². The molecule has 0 N–H and O–H groups in total. The molecule has 212 valence electrons. The molecule has 0 amide bonds. The van der Waals surface area contributed by atoms with Crippen molar-refractivity contribution in [2.24, 2.45) is 28.6 Å². The zero-order valence-corrected chi connectivity index (χ0v) is 26.2. The molecule has 0 radical (unpaired) electrons. The van der Waals surface area contributed by atoms with Crippen molar-refractivity contribution in [1.82, 2.24) is 0 Å². The molecule has 7 heteroatoms.